The number of β-amino-alcohol motifs (C(OH)–C–C–N with tert-alkyl or cyclic N) is 1. The summed E-state index contributed by atoms with van der Waals surface area (Å²) in [6, 6.07) is 9.56. The van der Waals surface area contributed by atoms with E-state index in [0.29, 0.717) is 16.2 Å². The summed E-state index contributed by atoms with van der Waals surface area (Å²) < 4.78 is 5.13. The largest absolute Gasteiger partial charge is 0.503 e. The second-order valence-electron chi connectivity index (χ2n) is 5.47. The lowest BCUT2D eigenvalue weighted by Gasteiger charge is -2.26. The number of ketones is 1. The molecule has 7 heteroatoms. The van der Waals surface area contributed by atoms with E-state index in [9.17, 15) is 19.8 Å². The lowest BCUT2D eigenvalue weighted by molar-refractivity contribution is -0.129. The predicted molar refractivity (Wildman–Crippen MR) is 92.8 cm³/mol. The Morgan fingerprint density at radius 1 is 1.28 bits per heavy atom. The number of carbonyl (C=O) groups excluding carboxylic acids is 2. The van der Waals surface area contributed by atoms with Gasteiger partial charge in [0.1, 0.15) is 5.75 Å². The van der Waals surface area contributed by atoms with Gasteiger partial charge in [-0.25, -0.2) is 0 Å². The van der Waals surface area contributed by atoms with Crippen molar-refractivity contribution in [1.29, 1.82) is 0 Å². The Labute approximate surface area is 148 Å². The molecule has 130 valence electrons. The molecule has 0 aliphatic carbocycles. The van der Waals surface area contributed by atoms with Crippen LogP contribution in [0.5, 0.6) is 5.75 Å². The number of aliphatic hydroxyl groups excluding tert-OH is 2. The number of amides is 1. The van der Waals surface area contributed by atoms with E-state index >= 15 is 0 Å². The fourth-order valence-electron chi connectivity index (χ4n) is 2.90. The SMILES string of the molecule is COc1ccc(C2C(C(=O)c3cccs3)=C(O)C(=O)N2CCO)cc1. The topological polar surface area (TPSA) is 87.1 Å². The molecule has 0 saturated heterocycles. The third-order valence-corrected chi connectivity index (χ3v) is 4.93. The first-order chi connectivity index (χ1) is 12.1. The van der Waals surface area contributed by atoms with Crippen LogP contribution in [0.4, 0.5) is 0 Å². The van der Waals surface area contributed by atoms with Gasteiger partial charge < -0.3 is 19.8 Å². The maximum Gasteiger partial charge on any atom is 0.290 e. The number of benzene rings is 1. The highest BCUT2D eigenvalue weighted by Gasteiger charge is 2.43. The quantitative estimate of drug-likeness (QED) is 0.773. The summed E-state index contributed by atoms with van der Waals surface area (Å²) in [6.07, 6.45) is 0. The molecule has 1 aromatic carbocycles. The maximum absolute atomic E-state index is 12.8. The monoisotopic (exact) mass is 359 g/mol. The second-order valence-corrected chi connectivity index (χ2v) is 6.41. The molecule has 1 aliphatic rings. The number of nitrogens with zero attached hydrogens (tertiary/aromatic N) is 1. The highest BCUT2D eigenvalue weighted by atomic mass is 32.1. The van der Waals surface area contributed by atoms with Crippen LogP contribution in [0.1, 0.15) is 21.3 Å². The average Bonchev–Trinajstić information content (AvgIpc) is 3.25. The first kappa shape index (κ1) is 17.2. The van der Waals surface area contributed by atoms with Gasteiger partial charge in [-0.2, -0.15) is 0 Å². The minimum Gasteiger partial charge on any atom is -0.503 e. The summed E-state index contributed by atoms with van der Waals surface area (Å²) in [7, 11) is 1.55. The third kappa shape index (κ3) is 3.04. The Morgan fingerprint density at radius 2 is 2.00 bits per heavy atom. The first-order valence-corrected chi connectivity index (χ1v) is 8.53. The normalized spacial score (nSPS) is 17.3. The molecule has 1 atom stereocenters. The van der Waals surface area contributed by atoms with Crippen molar-refractivity contribution in [2.24, 2.45) is 0 Å². The van der Waals surface area contributed by atoms with Gasteiger partial charge in [0.15, 0.2) is 5.76 Å². The van der Waals surface area contributed by atoms with Crippen LogP contribution >= 0.6 is 11.3 Å². The average molecular weight is 359 g/mol. The van der Waals surface area contributed by atoms with Gasteiger partial charge in [-0.15, -0.1) is 11.3 Å². The molecular weight excluding hydrogens is 342 g/mol. The number of hydrogen-bond acceptors (Lipinski definition) is 6. The zero-order valence-electron chi connectivity index (χ0n) is 13.5. The highest BCUT2D eigenvalue weighted by molar-refractivity contribution is 7.12. The Balaban J connectivity index is 2.07. The molecule has 0 bridgehead atoms. The number of aliphatic hydroxyl groups is 2. The lowest BCUT2D eigenvalue weighted by Crippen LogP contribution is -2.33. The van der Waals surface area contributed by atoms with Crippen molar-refractivity contribution >= 4 is 23.0 Å². The van der Waals surface area contributed by atoms with E-state index in [0.717, 1.165) is 0 Å². The molecule has 2 N–H and O–H groups in total. The van der Waals surface area contributed by atoms with Gasteiger partial charge in [0.25, 0.3) is 5.91 Å². The molecule has 3 rings (SSSR count). The van der Waals surface area contributed by atoms with E-state index in [1.807, 2.05) is 0 Å². The maximum atomic E-state index is 12.8. The van der Waals surface area contributed by atoms with Gasteiger partial charge in [-0.1, -0.05) is 18.2 Å². The molecule has 1 aliphatic heterocycles. The number of hydrogen-bond donors (Lipinski definition) is 2. The van der Waals surface area contributed by atoms with Crippen molar-refractivity contribution in [2.75, 3.05) is 20.3 Å². The summed E-state index contributed by atoms with van der Waals surface area (Å²) in [5.74, 6) is -0.967. The van der Waals surface area contributed by atoms with Gasteiger partial charge in [0, 0.05) is 6.54 Å². The Bertz CT molecular complexity index is 811. The summed E-state index contributed by atoms with van der Waals surface area (Å²) in [5, 5.41) is 21.4. The molecule has 0 spiro atoms. The summed E-state index contributed by atoms with van der Waals surface area (Å²) in [4.78, 5) is 27.0. The Morgan fingerprint density at radius 3 is 2.56 bits per heavy atom. The molecular formula is C18H17NO5S. The van der Waals surface area contributed by atoms with Crippen molar-refractivity contribution in [2.45, 2.75) is 6.04 Å². The van der Waals surface area contributed by atoms with Crippen LogP contribution in [0.25, 0.3) is 0 Å². The summed E-state index contributed by atoms with van der Waals surface area (Å²) in [5.41, 5.74) is 0.692. The van der Waals surface area contributed by atoms with Crippen LogP contribution in [0, 0.1) is 0 Å². The smallest absolute Gasteiger partial charge is 0.290 e. The molecule has 0 radical (unpaired) electrons. The fraction of sp³-hybridized carbons (Fsp3) is 0.222. The van der Waals surface area contributed by atoms with Crippen LogP contribution < -0.4 is 4.74 Å². The van der Waals surface area contributed by atoms with Crippen LogP contribution in [0.3, 0.4) is 0 Å². The highest BCUT2D eigenvalue weighted by Crippen LogP contribution is 2.39. The standard InChI is InChI=1S/C18H17NO5S/c1-24-12-6-4-11(5-7-12)15-14(16(21)13-3-2-10-25-13)17(22)18(23)19(15)8-9-20/h2-7,10,15,20,22H,8-9H2,1H3. The minimum absolute atomic E-state index is 0.0147. The van der Waals surface area contributed by atoms with Gasteiger partial charge in [0.05, 0.1) is 30.2 Å². The van der Waals surface area contributed by atoms with E-state index in [-0.39, 0.29) is 24.5 Å². The molecule has 0 fully saturated rings. The van der Waals surface area contributed by atoms with E-state index in [1.54, 1.807) is 48.9 Å². The van der Waals surface area contributed by atoms with E-state index in [1.165, 1.54) is 16.2 Å². The van der Waals surface area contributed by atoms with Crippen molar-refractivity contribution in [3.8, 4) is 5.75 Å². The third-order valence-electron chi connectivity index (χ3n) is 4.07. The molecule has 2 aromatic rings. The number of thiophene rings is 1. The lowest BCUT2D eigenvalue weighted by atomic mass is 9.95. The molecule has 0 saturated carbocycles. The number of rotatable bonds is 6. The molecule has 2 heterocycles. The molecule has 25 heavy (non-hydrogen) atoms. The number of Topliss-reactive ketones (excluding diaryl/α,β-unsaturated/α-hetero) is 1. The van der Waals surface area contributed by atoms with Crippen LogP contribution in [0.2, 0.25) is 0 Å². The van der Waals surface area contributed by atoms with E-state index < -0.39 is 17.7 Å². The Hall–Kier alpha value is -2.64. The zero-order chi connectivity index (χ0) is 18.0. The van der Waals surface area contributed by atoms with E-state index in [2.05, 4.69) is 0 Å². The van der Waals surface area contributed by atoms with Gasteiger partial charge in [-0.3, -0.25) is 9.59 Å². The van der Waals surface area contributed by atoms with Crippen molar-refractivity contribution < 1.29 is 24.5 Å². The van der Waals surface area contributed by atoms with Crippen LogP contribution in [-0.2, 0) is 4.79 Å². The van der Waals surface area contributed by atoms with Crippen LogP contribution in [0.15, 0.2) is 53.1 Å². The van der Waals surface area contributed by atoms with Gasteiger partial charge >= 0.3 is 0 Å². The summed E-state index contributed by atoms with van der Waals surface area (Å²) >= 11 is 1.25. The van der Waals surface area contributed by atoms with Gasteiger partial charge in [-0.05, 0) is 29.1 Å². The second kappa shape index (κ2) is 7.08. The van der Waals surface area contributed by atoms with Crippen molar-refractivity contribution in [1.82, 2.24) is 4.90 Å². The molecule has 1 aromatic heterocycles. The fourth-order valence-corrected chi connectivity index (χ4v) is 3.58. The van der Waals surface area contributed by atoms with Crippen molar-refractivity contribution in [3.63, 3.8) is 0 Å². The van der Waals surface area contributed by atoms with E-state index in [4.69, 9.17) is 4.74 Å². The van der Waals surface area contributed by atoms with Crippen molar-refractivity contribution in [3.05, 3.63) is 63.6 Å². The zero-order valence-corrected chi connectivity index (χ0v) is 14.3. The predicted octanol–water partition coefficient (Wildman–Crippen LogP) is 2.33. The number of ether oxygens (including phenoxy) is 1. The van der Waals surface area contributed by atoms with Crippen LogP contribution in [-0.4, -0.2) is 47.1 Å². The number of methoxy groups -OCH3 is 1. The number of carbonyl (C=O) groups is 2. The first-order valence-electron chi connectivity index (χ1n) is 7.65. The van der Waals surface area contributed by atoms with Gasteiger partial charge in [0.2, 0.25) is 5.78 Å². The molecule has 1 unspecified atom stereocenters. The summed E-state index contributed by atoms with van der Waals surface area (Å²) in [6.45, 7) is -0.257. The molecule has 6 nitrogen and oxygen atoms in total. The molecule has 1 amide bonds. The Kier molecular flexibility index (Phi) is 4.87. The minimum atomic E-state index is -0.750.